The fourth-order valence-electron chi connectivity index (χ4n) is 6.59. The van der Waals surface area contributed by atoms with Crippen molar-refractivity contribution >= 4 is 37.3 Å². The zero-order valence-electron chi connectivity index (χ0n) is 21.0. The van der Waals surface area contributed by atoms with Crippen LogP contribution in [0.25, 0.3) is 0 Å². The third kappa shape index (κ3) is 3.57. The van der Waals surface area contributed by atoms with Gasteiger partial charge in [-0.15, -0.1) is 6.58 Å². The maximum Gasteiger partial charge on any atom is 0.264 e. The van der Waals surface area contributed by atoms with Crippen LogP contribution in [-0.4, -0.2) is 44.6 Å². The molecule has 0 unspecified atom stereocenters. The molecule has 0 saturated carbocycles. The topological polar surface area (TPSA) is 70.1 Å². The fourth-order valence-corrected chi connectivity index (χ4v) is 9.14. The van der Waals surface area contributed by atoms with Crippen LogP contribution in [0.1, 0.15) is 30.9 Å². The smallest absolute Gasteiger partial charge is 0.264 e. The predicted octanol–water partition coefficient (Wildman–Crippen LogP) is 4.99. The molecule has 1 N–H and O–H groups in total. The summed E-state index contributed by atoms with van der Waals surface area (Å²) >= 11 is 0. The number of benzene rings is 2. The van der Waals surface area contributed by atoms with Crippen molar-refractivity contribution in [2.75, 3.05) is 23.0 Å². The average molecular weight is 509 g/mol. The summed E-state index contributed by atoms with van der Waals surface area (Å²) in [4.78, 5) is 30.5. The number of nitrogens with zero attached hydrogens (tertiary/aromatic N) is 2. The highest BCUT2D eigenvalue weighted by atomic mass is 28.4. The number of fused-ring (bicyclic) bond motifs is 3. The Hall–Kier alpha value is -2.81. The summed E-state index contributed by atoms with van der Waals surface area (Å²) < 4.78 is 22.2. The number of ether oxygens (including phenoxy) is 1. The molecule has 8 heteroatoms. The Labute approximate surface area is 212 Å². The number of aliphatic hydroxyl groups is 1. The van der Waals surface area contributed by atoms with Gasteiger partial charge < -0.3 is 18.9 Å². The quantitative estimate of drug-likeness (QED) is 0.339. The molecule has 3 aliphatic heterocycles. The van der Waals surface area contributed by atoms with Crippen LogP contribution in [0.4, 0.5) is 21.2 Å². The summed E-state index contributed by atoms with van der Waals surface area (Å²) in [6, 6.07) is 13.4. The average Bonchev–Trinajstić information content (AvgIpc) is 3.26. The van der Waals surface area contributed by atoms with Crippen molar-refractivity contribution in [1.82, 2.24) is 0 Å². The number of anilines is 3. The number of hydrogen-bond donors (Lipinski definition) is 1. The van der Waals surface area contributed by atoms with Gasteiger partial charge >= 0.3 is 0 Å². The molecule has 1 fully saturated rings. The lowest BCUT2D eigenvalue weighted by atomic mass is 9.82. The van der Waals surface area contributed by atoms with Gasteiger partial charge in [0.05, 0.1) is 17.5 Å². The van der Waals surface area contributed by atoms with Crippen LogP contribution in [0.15, 0.2) is 55.1 Å². The maximum atomic E-state index is 15.7. The molecule has 2 amide bonds. The van der Waals surface area contributed by atoms with Gasteiger partial charge in [0.15, 0.2) is 5.60 Å². The van der Waals surface area contributed by atoms with E-state index in [1.807, 2.05) is 49.4 Å². The molecule has 0 radical (unpaired) electrons. The van der Waals surface area contributed by atoms with Gasteiger partial charge in [0, 0.05) is 42.3 Å². The van der Waals surface area contributed by atoms with Crippen LogP contribution < -0.4 is 9.80 Å². The first-order valence-electron chi connectivity index (χ1n) is 12.6. The van der Waals surface area contributed by atoms with Gasteiger partial charge in [-0.2, -0.15) is 0 Å². The second kappa shape index (κ2) is 8.94. The molecule has 6 nitrogen and oxygen atoms in total. The fraction of sp³-hybridized carbons (Fsp3) is 0.429. The van der Waals surface area contributed by atoms with E-state index in [1.165, 1.54) is 0 Å². The summed E-state index contributed by atoms with van der Waals surface area (Å²) in [7, 11) is -3.27. The van der Waals surface area contributed by atoms with Crippen molar-refractivity contribution in [3.05, 3.63) is 66.2 Å². The van der Waals surface area contributed by atoms with Gasteiger partial charge in [-0.25, -0.2) is 0 Å². The summed E-state index contributed by atoms with van der Waals surface area (Å²) in [6.45, 7) is 9.14. The van der Waals surface area contributed by atoms with E-state index in [4.69, 9.17) is 4.74 Å². The van der Waals surface area contributed by atoms with Gasteiger partial charge in [0.25, 0.3) is 5.91 Å². The molecule has 5 rings (SSSR count). The van der Waals surface area contributed by atoms with Crippen molar-refractivity contribution in [3.63, 3.8) is 0 Å². The van der Waals surface area contributed by atoms with Gasteiger partial charge in [-0.3, -0.25) is 14.5 Å². The van der Waals surface area contributed by atoms with Crippen molar-refractivity contribution in [2.45, 2.75) is 56.5 Å². The minimum Gasteiger partial charge on any atom is -0.396 e. The molecule has 1 saturated heterocycles. The largest absolute Gasteiger partial charge is 0.396 e. The van der Waals surface area contributed by atoms with Crippen LogP contribution in [0.5, 0.6) is 0 Å². The van der Waals surface area contributed by atoms with Crippen LogP contribution in [0, 0.1) is 5.92 Å². The second-order valence-electron chi connectivity index (χ2n) is 10.5. The van der Waals surface area contributed by atoms with E-state index in [0.29, 0.717) is 36.3 Å². The highest BCUT2D eigenvalue weighted by Crippen LogP contribution is 2.60. The second-order valence-corrected chi connectivity index (χ2v) is 14.3. The number of amides is 2. The number of aryl methyl sites for hydroxylation is 1. The SMILES string of the molecule is C=CCN1C(=O)[C@@]2(O[C@@H](CCO)[C@H]([Si](C)(C)F)[C@H]2C)c2cc(N3C(=O)CCc4ccccc43)ccc21. The van der Waals surface area contributed by atoms with E-state index in [9.17, 15) is 14.7 Å². The molecule has 0 bridgehead atoms. The zero-order chi connectivity index (χ0) is 25.8. The Morgan fingerprint density at radius 3 is 2.64 bits per heavy atom. The first-order chi connectivity index (χ1) is 17.1. The van der Waals surface area contributed by atoms with Gasteiger partial charge in [0.2, 0.25) is 14.3 Å². The predicted molar refractivity (Wildman–Crippen MR) is 141 cm³/mol. The molecule has 4 atom stereocenters. The number of rotatable bonds is 6. The molecular formula is C28H33FN2O4Si. The monoisotopic (exact) mass is 508 g/mol. The third-order valence-corrected chi connectivity index (χ3v) is 10.5. The van der Waals surface area contributed by atoms with Gasteiger partial charge in [0.1, 0.15) is 0 Å². The van der Waals surface area contributed by atoms with Crippen molar-refractivity contribution < 1.29 is 23.5 Å². The number of halogens is 1. The molecule has 190 valence electrons. The molecule has 3 heterocycles. The number of aliphatic hydroxyl groups excluding tert-OH is 1. The minimum absolute atomic E-state index is 0.0105. The zero-order valence-corrected chi connectivity index (χ0v) is 22.0. The molecule has 0 aliphatic carbocycles. The molecule has 36 heavy (non-hydrogen) atoms. The highest BCUT2D eigenvalue weighted by molar-refractivity contribution is 6.72. The van der Waals surface area contributed by atoms with E-state index in [-0.39, 0.29) is 24.8 Å². The van der Waals surface area contributed by atoms with E-state index in [1.54, 1.807) is 29.0 Å². The number of para-hydroxylation sites is 1. The van der Waals surface area contributed by atoms with Crippen LogP contribution in [0.2, 0.25) is 18.6 Å². The van der Waals surface area contributed by atoms with Gasteiger partial charge in [-0.1, -0.05) is 31.2 Å². The molecule has 2 aromatic rings. The van der Waals surface area contributed by atoms with Crippen molar-refractivity contribution in [3.8, 4) is 0 Å². The van der Waals surface area contributed by atoms with Crippen LogP contribution in [0.3, 0.4) is 0 Å². The number of hydrogen-bond acceptors (Lipinski definition) is 4. The van der Waals surface area contributed by atoms with Crippen molar-refractivity contribution in [2.24, 2.45) is 5.92 Å². The van der Waals surface area contributed by atoms with E-state index in [0.717, 1.165) is 11.3 Å². The Kier molecular flexibility index (Phi) is 6.17. The first kappa shape index (κ1) is 24.9. The third-order valence-electron chi connectivity index (χ3n) is 8.02. The normalized spacial score (nSPS) is 27.5. The lowest BCUT2D eigenvalue weighted by Crippen LogP contribution is -2.45. The van der Waals surface area contributed by atoms with E-state index < -0.39 is 31.6 Å². The summed E-state index contributed by atoms with van der Waals surface area (Å²) in [5, 5.41) is 9.72. The Morgan fingerprint density at radius 1 is 1.19 bits per heavy atom. The summed E-state index contributed by atoms with van der Waals surface area (Å²) in [5.74, 6) is -0.693. The molecule has 1 spiro atoms. The Morgan fingerprint density at radius 2 is 1.94 bits per heavy atom. The van der Waals surface area contributed by atoms with E-state index in [2.05, 4.69) is 6.58 Å². The lowest BCUT2D eigenvalue weighted by molar-refractivity contribution is -0.146. The molecule has 3 aliphatic rings. The Bertz CT molecular complexity index is 1230. The summed E-state index contributed by atoms with van der Waals surface area (Å²) in [6.07, 6.45) is 2.44. The number of carbonyl (C=O) groups excluding carboxylic acids is 2. The van der Waals surface area contributed by atoms with Crippen LogP contribution >= 0.6 is 0 Å². The van der Waals surface area contributed by atoms with E-state index >= 15 is 4.11 Å². The molecule has 2 aromatic carbocycles. The molecular weight excluding hydrogens is 475 g/mol. The molecule has 0 aromatic heterocycles. The maximum absolute atomic E-state index is 15.7. The van der Waals surface area contributed by atoms with Gasteiger partial charge in [-0.05, 0) is 55.8 Å². The Balaban J connectivity index is 1.69. The summed E-state index contributed by atoms with van der Waals surface area (Å²) in [5.41, 5.74) is 2.08. The highest BCUT2D eigenvalue weighted by Gasteiger charge is 2.66. The first-order valence-corrected chi connectivity index (χ1v) is 15.6. The minimum atomic E-state index is -3.27. The number of carbonyl (C=O) groups is 2. The lowest BCUT2D eigenvalue weighted by Gasteiger charge is -2.32. The van der Waals surface area contributed by atoms with Crippen molar-refractivity contribution in [1.29, 1.82) is 0 Å². The van der Waals surface area contributed by atoms with Crippen LogP contribution in [-0.2, 0) is 26.3 Å². The standard InChI is InChI=1S/C28H33FN2O4Si/c1-5-15-30-23-12-11-20(31-22-9-7-6-8-19(22)10-13-25(31)33)17-21(23)28(27(30)34)18(2)26(36(3,4)29)24(35-28)14-16-32/h5-9,11-12,17-18,24,26,32H,1,10,13-16H2,2-4H3/t18-,24+,26-,28+/m1/s1.